The summed E-state index contributed by atoms with van der Waals surface area (Å²) in [7, 11) is 0. The zero-order valence-electron chi connectivity index (χ0n) is 41.7. The molecule has 1 heterocycles. The van der Waals surface area contributed by atoms with Crippen molar-refractivity contribution in [1.29, 1.82) is 0 Å². The molecule has 19 heteroatoms. The Morgan fingerprint density at radius 1 is 0.783 bits per heavy atom. The quantitative estimate of drug-likeness (QED) is 0.0410. The van der Waals surface area contributed by atoms with Crippen LogP contribution in [0, 0.1) is 17.8 Å². The van der Waals surface area contributed by atoms with Gasteiger partial charge < -0.3 is 71.5 Å². The van der Waals surface area contributed by atoms with Gasteiger partial charge in [-0.25, -0.2) is 9.59 Å². The number of aliphatic hydroxyl groups is 5. The average molecular weight is 980 g/mol. The molecule has 0 aromatic heterocycles. The van der Waals surface area contributed by atoms with Crippen LogP contribution in [0.15, 0.2) is 24.3 Å². The number of rotatable bonds is 36. The largest absolute Gasteiger partial charge is 0.445 e. The Balaban J connectivity index is 2.05. The van der Waals surface area contributed by atoms with Gasteiger partial charge in [0.1, 0.15) is 36.8 Å². The van der Waals surface area contributed by atoms with Gasteiger partial charge in [-0.2, -0.15) is 0 Å². The number of hydrogen-bond acceptors (Lipinski definition) is 14. The third kappa shape index (κ3) is 24.4. The first-order valence-electron chi connectivity index (χ1n) is 25.2. The lowest BCUT2D eigenvalue weighted by molar-refractivity contribution is -0.303. The molecular formula is C50H85N5O14. The van der Waals surface area contributed by atoms with Crippen molar-refractivity contribution in [3.8, 4) is 0 Å². The summed E-state index contributed by atoms with van der Waals surface area (Å²) in [6.07, 6.45) is 5.60. The lowest BCUT2D eigenvalue weighted by atomic mass is 9.89. The summed E-state index contributed by atoms with van der Waals surface area (Å²) >= 11 is 0. The molecular weight excluding hydrogens is 895 g/mol. The zero-order chi connectivity index (χ0) is 51.3. The van der Waals surface area contributed by atoms with Gasteiger partial charge >= 0.3 is 12.1 Å². The van der Waals surface area contributed by atoms with E-state index in [1.54, 1.807) is 38.1 Å². The summed E-state index contributed by atoms with van der Waals surface area (Å²) in [5, 5.41) is 62.8. The van der Waals surface area contributed by atoms with Crippen LogP contribution in [0.1, 0.15) is 156 Å². The van der Waals surface area contributed by atoms with E-state index in [1.807, 2.05) is 6.92 Å². The summed E-state index contributed by atoms with van der Waals surface area (Å²) in [6, 6.07) is 3.75. The van der Waals surface area contributed by atoms with Crippen LogP contribution < -0.4 is 27.0 Å². The van der Waals surface area contributed by atoms with Crippen LogP contribution in [0.3, 0.4) is 0 Å². The SMILES string of the molecule is CCCCCCCCCCCCCC[C@@H](C)[C@@H](O)[C@H](CO[C@H]1OC(CO)[C@H](O)[C@H](O)C1O)NC(=O)OCc1ccc(NC(=O)[C@H](CCCNC(N)=O)CC(=O)[C@@H](NC(=O)CCC(C)=O)C(C)C)cc1. The Morgan fingerprint density at radius 3 is 1.96 bits per heavy atom. The van der Waals surface area contributed by atoms with E-state index in [-0.39, 0.29) is 68.8 Å². The Labute approximate surface area is 408 Å². The van der Waals surface area contributed by atoms with E-state index in [0.717, 1.165) is 25.7 Å². The molecule has 0 saturated carbocycles. The third-order valence-corrected chi connectivity index (χ3v) is 12.6. The molecule has 69 heavy (non-hydrogen) atoms. The Hall–Kier alpha value is -4.24. The van der Waals surface area contributed by atoms with Crippen LogP contribution in [-0.4, -0.2) is 130 Å². The maximum atomic E-state index is 13.6. The van der Waals surface area contributed by atoms with Gasteiger partial charge in [-0.15, -0.1) is 0 Å². The number of benzene rings is 1. The van der Waals surface area contributed by atoms with Gasteiger partial charge in [-0.05, 0) is 55.7 Å². The van der Waals surface area contributed by atoms with Crippen molar-refractivity contribution in [2.24, 2.45) is 23.5 Å². The molecule has 5 amide bonds. The molecule has 10 atom stereocenters. The standard InChI is InChI=1S/C50H85N5O14/c1-6-7-8-9-10-11-12-13-14-15-16-17-19-33(4)43(60)38(31-67-48-46(63)45(62)44(61)40(29-56)69-48)54-50(66)68-30-35-22-24-37(25-23-35)53-47(64)36(20-18-27-52-49(51)65)28-39(58)42(32(2)3)55-41(59)26-21-34(5)57/h22-25,32-33,36,38,40,42-46,48,56,60-63H,6-21,26-31H2,1-5H3,(H,53,64)(H,54,66)(H,55,59)(H3,51,52,65)/t33-,36-,38+,40?,42+,43-,44+,45+,46?,48+/m1/s1. The molecule has 1 aromatic rings. The number of Topliss-reactive ketones (excluding diaryl/α,β-unsaturated/α-hetero) is 2. The van der Waals surface area contributed by atoms with Crippen LogP contribution in [-0.2, 0) is 40.0 Å². The number of aliphatic hydroxyl groups excluding tert-OH is 5. The van der Waals surface area contributed by atoms with Crippen LogP contribution in [0.2, 0.25) is 0 Å². The topological polar surface area (TPSA) is 305 Å². The predicted molar refractivity (Wildman–Crippen MR) is 259 cm³/mol. The van der Waals surface area contributed by atoms with Gasteiger partial charge in [-0.1, -0.05) is 117 Å². The number of carbonyl (C=O) groups excluding carboxylic acids is 6. The molecule has 2 unspecified atom stereocenters. The van der Waals surface area contributed by atoms with Crippen molar-refractivity contribution in [3.63, 3.8) is 0 Å². The third-order valence-electron chi connectivity index (χ3n) is 12.6. The molecule has 394 valence electrons. The van der Waals surface area contributed by atoms with Gasteiger partial charge in [0.05, 0.1) is 31.4 Å². The molecule has 0 spiro atoms. The zero-order valence-corrected chi connectivity index (χ0v) is 41.7. The number of anilines is 1. The van der Waals surface area contributed by atoms with Crippen molar-refractivity contribution in [2.45, 2.75) is 206 Å². The Bertz CT molecular complexity index is 1670. The number of urea groups is 1. The molecule has 1 aliphatic rings. The van der Waals surface area contributed by atoms with Gasteiger partial charge in [0.15, 0.2) is 12.1 Å². The number of carbonyl (C=O) groups is 6. The normalized spacial score (nSPS) is 20.2. The molecule has 19 nitrogen and oxygen atoms in total. The highest BCUT2D eigenvalue weighted by Gasteiger charge is 2.44. The van der Waals surface area contributed by atoms with Crippen LogP contribution in [0.5, 0.6) is 0 Å². The van der Waals surface area contributed by atoms with E-state index in [0.29, 0.717) is 24.1 Å². The minimum atomic E-state index is -1.68. The van der Waals surface area contributed by atoms with E-state index in [1.165, 1.54) is 58.3 Å². The fraction of sp³-hybridized carbons (Fsp3) is 0.760. The first-order chi connectivity index (χ1) is 32.9. The van der Waals surface area contributed by atoms with Crippen LogP contribution in [0.25, 0.3) is 0 Å². The number of hydrogen-bond donors (Lipinski definition) is 10. The predicted octanol–water partition coefficient (Wildman–Crippen LogP) is 4.66. The maximum absolute atomic E-state index is 13.6. The second-order valence-electron chi connectivity index (χ2n) is 19.0. The Kier molecular flexibility index (Phi) is 30.1. The Morgan fingerprint density at radius 2 is 1.39 bits per heavy atom. The summed E-state index contributed by atoms with van der Waals surface area (Å²) in [6.45, 7) is 7.92. The van der Waals surface area contributed by atoms with Gasteiger partial charge in [0.2, 0.25) is 11.8 Å². The second kappa shape index (κ2) is 34.1. The molecule has 1 fully saturated rings. The highest BCUT2D eigenvalue weighted by atomic mass is 16.7. The maximum Gasteiger partial charge on any atom is 0.407 e. The number of primary amides is 1. The molecule has 11 N–H and O–H groups in total. The van der Waals surface area contributed by atoms with E-state index < -0.39 is 85.4 Å². The fourth-order valence-corrected chi connectivity index (χ4v) is 8.18. The van der Waals surface area contributed by atoms with Gasteiger partial charge in [0.25, 0.3) is 0 Å². The fourth-order valence-electron chi connectivity index (χ4n) is 8.18. The van der Waals surface area contributed by atoms with E-state index in [2.05, 4.69) is 28.2 Å². The number of ether oxygens (including phenoxy) is 3. The highest BCUT2D eigenvalue weighted by Crippen LogP contribution is 2.25. The molecule has 1 saturated heterocycles. The molecule has 1 aromatic carbocycles. The molecule has 0 bridgehead atoms. The number of amides is 5. The van der Waals surface area contributed by atoms with Gasteiger partial charge in [-0.3, -0.25) is 14.4 Å². The molecule has 0 aliphatic carbocycles. The number of ketones is 2. The van der Waals surface area contributed by atoms with E-state index in [4.69, 9.17) is 19.9 Å². The number of nitrogens with one attached hydrogen (secondary N) is 4. The van der Waals surface area contributed by atoms with Crippen molar-refractivity contribution in [3.05, 3.63) is 29.8 Å². The monoisotopic (exact) mass is 980 g/mol. The lowest BCUT2D eigenvalue weighted by Gasteiger charge is -2.40. The minimum Gasteiger partial charge on any atom is -0.445 e. The second-order valence-corrected chi connectivity index (χ2v) is 19.0. The van der Waals surface area contributed by atoms with E-state index in [9.17, 15) is 54.3 Å². The van der Waals surface area contributed by atoms with E-state index >= 15 is 0 Å². The average Bonchev–Trinajstić information content (AvgIpc) is 3.31. The first kappa shape index (κ1) is 60.9. The summed E-state index contributed by atoms with van der Waals surface area (Å²) in [5.41, 5.74) is 6.12. The number of nitrogens with two attached hydrogens (primary N) is 1. The number of alkyl carbamates (subject to hydrolysis) is 1. The summed E-state index contributed by atoms with van der Waals surface area (Å²) < 4.78 is 16.7. The van der Waals surface area contributed by atoms with Crippen LogP contribution in [0.4, 0.5) is 15.3 Å². The van der Waals surface area contributed by atoms with Crippen LogP contribution >= 0.6 is 0 Å². The van der Waals surface area contributed by atoms with Crippen molar-refractivity contribution in [1.82, 2.24) is 16.0 Å². The molecule has 1 aliphatic heterocycles. The van der Waals surface area contributed by atoms with Crippen molar-refractivity contribution in [2.75, 3.05) is 25.1 Å². The smallest absolute Gasteiger partial charge is 0.407 e. The van der Waals surface area contributed by atoms with Gasteiger partial charge in [0, 0.05) is 37.4 Å². The summed E-state index contributed by atoms with van der Waals surface area (Å²) in [4.78, 5) is 75.5. The van der Waals surface area contributed by atoms with Crippen molar-refractivity contribution >= 4 is 41.2 Å². The number of unbranched alkanes of at least 4 members (excludes halogenated alkanes) is 11. The summed E-state index contributed by atoms with van der Waals surface area (Å²) in [5.74, 6) is -2.86. The lowest BCUT2D eigenvalue weighted by Crippen LogP contribution is -2.60. The molecule has 0 radical (unpaired) electrons. The minimum absolute atomic E-state index is 0.0386. The molecule has 2 rings (SSSR count). The first-order valence-corrected chi connectivity index (χ1v) is 25.2. The highest BCUT2D eigenvalue weighted by molar-refractivity contribution is 5.97. The van der Waals surface area contributed by atoms with Crippen molar-refractivity contribution < 1.29 is 68.5 Å².